The minimum Gasteiger partial charge on any atom is -0.381 e. The van der Waals surface area contributed by atoms with Crippen LogP contribution in [0.3, 0.4) is 0 Å². The summed E-state index contributed by atoms with van der Waals surface area (Å²) in [6.07, 6.45) is 3.30. The van der Waals surface area contributed by atoms with Gasteiger partial charge >= 0.3 is 0 Å². The molecule has 1 saturated heterocycles. The zero-order valence-corrected chi connectivity index (χ0v) is 14.7. The Balaban J connectivity index is 0.00000324. The fourth-order valence-corrected chi connectivity index (χ4v) is 1.97. The molecule has 1 aliphatic heterocycles. The fourth-order valence-electron chi connectivity index (χ4n) is 1.97. The molecule has 19 heavy (non-hydrogen) atoms. The van der Waals surface area contributed by atoms with Crippen molar-refractivity contribution in [3.63, 3.8) is 0 Å². The highest BCUT2D eigenvalue weighted by molar-refractivity contribution is 14.0. The van der Waals surface area contributed by atoms with E-state index in [1.54, 1.807) is 7.05 Å². The highest BCUT2D eigenvalue weighted by atomic mass is 127. The number of halogens is 1. The zero-order valence-electron chi connectivity index (χ0n) is 12.4. The van der Waals surface area contributed by atoms with E-state index in [1.165, 1.54) is 0 Å². The standard InChI is InChI=1S/C13H27N3O2.HI/c1-14-13(16(2)3)15-7-4-8-18-11-12-5-9-17-10-6-12;/h12H,4-11H2,1-3H3,(H,14,15);1H. The van der Waals surface area contributed by atoms with Gasteiger partial charge in [0.25, 0.3) is 0 Å². The third-order valence-electron chi connectivity index (χ3n) is 3.08. The van der Waals surface area contributed by atoms with Crippen molar-refractivity contribution in [2.24, 2.45) is 10.9 Å². The molecule has 0 unspecified atom stereocenters. The Morgan fingerprint density at radius 2 is 2.05 bits per heavy atom. The number of nitrogens with zero attached hydrogens (tertiary/aromatic N) is 2. The molecule has 1 fully saturated rings. The summed E-state index contributed by atoms with van der Waals surface area (Å²) in [4.78, 5) is 6.13. The predicted octanol–water partition coefficient (Wildman–Crippen LogP) is 1.57. The minimum absolute atomic E-state index is 0. The van der Waals surface area contributed by atoms with Crippen molar-refractivity contribution in [2.45, 2.75) is 19.3 Å². The first-order chi connectivity index (χ1) is 8.74. The Morgan fingerprint density at radius 3 is 2.63 bits per heavy atom. The topological polar surface area (TPSA) is 46.1 Å². The van der Waals surface area contributed by atoms with E-state index in [0.29, 0.717) is 5.92 Å². The Morgan fingerprint density at radius 1 is 1.37 bits per heavy atom. The van der Waals surface area contributed by atoms with E-state index in [-0.39, 0.29) is 24.0 Å². The van der Waals surface area contributed by atoms with Gasteiger partial charge in [0, 0.05) is 54.1 Å². The normalized spacial score (nSPS) is 16.9. The first kappa shape index (κ1) is 18.9. The SMILES string of the molecule is CN=C(NCCCOCC1CCOCC1)N(C)C.I. The van der Waals surface area contributed by atoms with Gasteiger partial charge in [-0.3, -0.25) is 4.99 Å². The summed E-state index contributed by atoms with van der Waals surface area (Å²) < 4.78 is 11.0. The van der Waals surface area contributed by atoms with Crippen molar-refractivity contribution >= 4 is 29.9 Å². The monoisotopic (exact) mass is 385 g/mol. The number of guanidine groups is 1. The van der Waals surface area contributed by atoms with Crippen LogP contribution in [0.5, 0.6) is 0 Å². The molecule has 1 N–H and O–H groups in total. The van der Waals surface area contributed by atoms with E-state index in [9.17, 15) is 0 Å². The summed E-state index contributed by atoms with van der Waals surface area (Å²) in [6, 6.07) is 0. The lowest BCUT2D eigenvalue weighted by molar-refractivity contribution is 0.0203. The highest BCUT2D eigenvalue weighted by Gasteiger charge is 2.13. The Hall–Kier alpha value is -0.0800. The van der Waals surface area contributed by atoms with Crippen molar-refractivity contribution in [1.82, 2.24) is 10.2 Å². The van der Waals surface area contributed by atoms with Crippen molar-refractivity contribution in [3.05, 3.63) is 0 Å². The largest absolute Gasteiger partial charge is 0.381 e. The first-order valence-electron chi connectivity index (χ1n) is 6.77. The van der Waals surface area contributed by atoms with Crippen molar-refractivity contribution in [3.8, 4) is 0 Å². The number of rotatable bonds is 6. The molecule has 114 valence electrons. The lowest BCUT2D eigenvalue weighted by Crippen LogP contribution is -2.37. The summed E-state index contributed by atoms with van der Waals surface area (Å²) in [5, 5.41) is 3.28. The van der Waals surface area contributed by atoms with Crippen LogP contribution < -0.4 is 5.32 Å². The number of nitrogens with one attached hydrogen (secondary N) is 1. The summed E-state index contributed by atoms with van der Waals surface area (Å²) >= 11 is 0. The van der Waals surface area contributed by atoms with E-state index < -0.39 is 0 Å². The second-order valence-corrected chi connectivity index (χ2v) is 4.85. The average Bonchev–Trinajstić information content (AvgIpc) is 2.38. The smallest absolute Gasteiger partial charge is 0.193 e. The first-order valence-corrected chi connectivity index (χ1v) is 6.77. The molecule has 1 aliphatic rings. The molecule has 0 amide bonds. The van der Waals surface area contributed by atoms with Crippen LogP contribution in [0.2, 0.25) is 0 Å². The second-order valence-electron chi connectivity index (χ2n) is 4.85. The van der Waals surface area contributed by atoms with Gasteiger partial charge in [-0.1, -0.05) is 0 Å². The number of hydrogen-bond acceptors (Lipinski definition) is 3. The number of aliphatic imine (C=N–C) groups is 1. The maximum atomic E-state index is 5.70. The Labute approximate surface area is 134 Å². The summed E-state index contributed by atoms with van der Waals surface area (Å²) in [6.45, 7) is 4.39. The molecule has 0 aromatic heterocycles. The van der Waals surface area contributed by atoms with Gasteiger partial charge < -0.3 is 19.7 Å². The average molecular weight is 385 g/mol. The van der Waals surface area contributed by atoms with Gasteiger partial charge in [0.05, 0.1) is 0 Å². The number of ether oxygens (including phenoxy) is 2. The van der Waals surface area contributed by atoms with Crippen LogP contribution in [-0.2, 0) is 9.47 Å². The maximum absolute atomic E-state index is 5.70. The fraction of sp³-hybridized carbons (Fsp3) is 0.923. The molecule has 0 bridgehead atoms. The molecule has 0 aliphatic carbocycles. The molecule has 6 heteroatoms. The van der Waals surface area contributed by atoms with Crippen molar-refractivity contribution < 1.29 is 9.47 Å². The van der Waals surface area contributed by atoms with Crippen LogP contribution in [-0.4, -0.2) is 65.0 Å². The molecule has 0 aromatic carbocycles. The van der Waals surface area contributed by atoms with Crippen LogP contribution in [0.25, 0.3) is 0 Å². The van der Waals surface area contributed by atoms with Crippen LogP contribution >= 0.6 is 24.0 Å². The quantitative estimate of drug-likeness (QED) is 0.326. The Bertz CT molecular complexity index is 244. The maximum Gasteiger partial charge on any atom is 0.193 e. The molecule has 1 rings (SSSR count). The molecule has 0 atom stereocenters. The second kappa shape index (κ2) is 11.7. The zero-order chi connectivity index (χ0) is 13.2. The van der Waals surface area contributed by atoms with E-state index in [4.69, 9.17) is 9.47 Å². The Kier molecular flexibility index (Phi) is 11.7. The summed E-state index contributed by atoms with van der Waals surface area (Å²) in [5.41, 5.74) is 0. The molecule has 5 nitrogen and oxygen atoms in total. The van der Waals surface area contributed by atoms with E-state index in [1.807, 2.05) is 19.0 Å². The van der Waals surface area contributed by atoms with Gasteiger partial charge in [0.15, 0.2) is 5.96 Å². The van der Waals surface area contributed by atoms with Gasteiger partial charge in [0.2, 0.25) is 0 Å². The van der Waals surface area contributed by atoms with Crippen LogP contribution in [0.15, 0.2) is 4.99 Å². The molecule has 0 radical (unpaired) electrons. The van der Waals surface area contributed by atoms with Crippen LogP contribution in [0.4, 0.5) is 0 Å². The molecular formula is C13H28IN3O2. The predicted molar refractivity (Wildman–Crippen MR) is 89.4 cm³/mol. The molecule has 1 heterocycles. The molecular weight excluding hydrogens is 357 g/mol. The van der Waals surface area contributed by atoms with Crippen molar-refractivity contribution in [2.75, 3.05) is 54.1 Å². The van der Waals surface area contributed by atoms with Crippen molar-refractivity contribution in [1.29, 1.82) is 0 Å². The minimum atomic E-state index is 0. The summed E-state index contributed by atoms with van der Waals surface area (Å²) in [7, 11) is 5.76. The highest BCUT2D eigenvalue weighted by Crippen LogP contribution is 2.14. The number of hydrogen-bond donors (Lipinski definition) is 1. The lowest BCUT2D eigenvalue weighted by Gasteiger charge is -2.21. The third kappa shape index (κ3) is 8.65. The molecule has 0 spiro atoms. The summed E-state index contributed by atoms with van der Waals surface area (Å²) in [5.74, 6) is 1.61. The van der Waals surface area contributed by atoms with E-state index in [0.717, 1.165) is 58.2 Å². The van der Waals surface area contributed by atoms with E-state index >= 15 is 0 Å². The molecule has 0 aromatic rings. The van der Waals surface area contributed by atoms with E-state index in [2.05, 4.69) is 10.3 Å². The van der Waals surface area contributed by atoms with Gasteiger partial charge in [0.1, 0.15) is 0 Å². The van der Waals surface area contributed by atoms with Crippen LogP contribution in [0.1, 0.15) is 19.3 Å². The van der Waals surface area contributed by atoms with Gasteiger partial charge in [-0.15, -0.1) is 24.0 Å². The van der Waals surface area contributed by atoms with Gasteiger partial charge in [-0.25, -0.2) is 0 Å². The van der Waals surface area contributed by atoms with Crippen LogP contribution in [0, 0.1) is 5.92 Å². The molecule has 0 saturated carbocycles. The van der Waals surface area contributed by atoms with Gasteiger partial charge in [-0.05, 0) is 25.2 Å². The van der Waals surface area contributed by atoms with Gasteiger partial charge in [-0.2, -0.15) is 0 Å². The third-order valence-corrected chi connectivity index (χ3v) is 3.08. The lowest BCUT2D eigenvalue weighted by atomic mass is 10.0.